The Labute approximate surface area is 380 Å². The number of para-hydroxylation sites is 1. The van der Waals surface area contributed by atoms with Crippen LogP contribution in [-0.2, 0) is 0 Å². The zero-order valence-corrected chi connectivity index (χ0v) is 35.8. The molecular formula is C64H38N2. The van der Waals surface area contributed by atoms with E-state index in [9.17, 15) is 0 Å². The van der Waals surface area contributed by atoms with E-state index in [4.69, 9.17) is 9.97 Å². The number of hydrogen-bond acceptors (Lipinski definition) is 2. The van der Waals surface area contributed by atoms with Crippen molar-refractivity contribution in [2.75, 3.05) is 0 Å². The van der Waals surface area contributed by atoms with Gasteiger partial charge in [-0.15, -0.1) is 0 Å². The van der Waals surface area contributed by atoms with Gasteiger partial charge in [0.1, 0.15) is 0 Å². The van der Waals surface area contributed by atoms with Crippen LogP contribution in [0.4, 0.5) is 0 Å². The Balaban J connectivity index is 1.03. The van der Waals surface area contributed by atoms with Crippen LogP contribution in [0.3, 0.4) is 0 Å². The van der Waals surface area contributed by atoms with Crippen LogP contribution in [0.25, 0.3) is 142 Å². The van der Waals surface area contributed by atoms with Gasteiger partial charge in [-0.2, -0.15) is 0 Å². The number of benzene rings is 12. The molecule has 0 aliphatic heterocycles. The Hall–Kier alpha value is -8.72. The molecule has 0 atom stereocenters. The van der Waals surface area contributed by atoms with Crippen LogP contribution in [0.2, 0.25) is 0 Å². The van der Waals surface area contributed by atoms with Crippen LogP contribution >= 0.6 is 0 Å². The molecule has 2 aromatic heterocycles. The van der Waals surface area contributed by atoms with Crippen LogP contribution in [0.1, 0.15) is 0 Å². The Morgan fingerprint density at radius 2 is 0.667 bits per heavy atom. The van der Waals surface area contributed by atoms with E-state index in [0.717, 1.165) is 66.3 Å². The third-order valence-electron chi connectivity index (χ3n) is 14.0. The standard InChI is InChI=1S/C64H38N2/c1-12-24-62-42(13-1)33-44(38-65-62)39-25-27-40(28-26-39)57-36-61-58(41-29-31-54-49-18-4-2-14-45(49)47-16-6-8-20-51(47)59(54)34-41)37-63(66-64(61)56-23-11-10-22-53(56)57)43-30-32-55-50-19-5-3-15-46(50)48-17-7-9-21-52(48)60(55)35-43/h1-38H. The molecule has 14 rings (SSSR count). The summed E-state index contributed by atoms with van der Waals surface area (Å²) in [5.74, 6) is 0. The lowest BCUT2D eigenvalue weighted by Gasteiger charge is -2.17. The fraction of sp³-hybridized carbons (Fsp3) is 0. The van der Waals surface area contributed by atoms with E-state index in [1.54, 1.807) is 0 Å². The van der Waals surface area contributed by atoms with Gasteiger partial charge in [0.25, 0.3) is 0 Å². The van der Waals surface area contributed by atoms with E-state index < -0.39 is 0 Å². The summed E-state index contributed by atoms with van der Waals surface area (Å²) in [6.07, 6.45) is 1.98. The van der Waals surface area contributed by atoms with Gasteiger partial charge in [0, 0.05) is 33.5 Å². The molecule has 0 aliphatic rings. The third-order valence-corrected chi connectivity index (χ3v) is 14.0. The number of hydrogen-bond donors (Lipinski definition) is 0. The van der Waals surface area contributed by atoms with Crippen molar-refractivity contribution in [1.82, 2.24) is 9.97 Å². The molecule has 0 saturated heterocycles. The molecule has 2 heterocycles. The van der Waals surface area contributed by atoms with Crippen molar-refractivity contribution < 1.29 is 0 Å². The average Bonchev–Trinajstić information content (AvgIpc) is 3.40. The summed E-state index contributed by atoms with van der Waals surface area (Å²) < 4.78 is 0. The van der Waals surface area contributed by atoms with E-state index in [2.05, 4.69) is 218 Å². The number of rotatable bonds is 4. The molecule has 0 saturated carbocycles. The molecule has 12 aromatic carbocycles. The number of nitrogens with zero attached hydrogens (tertiary/aromatic N) is 2. The third kappa shape index (κ3) is 5.62. The Bertz CT molecular complexity index is 4270. The summed E-state index contributed by atoms with van der Waals surface area (Å²) in [6, 6.07) is 82.3. The Morgan fingerprint density at radius 1 is 0.242 bits per heavy atom. The minimum Gasteiger partial charge on any atom is -0.256 e. The maximum Gasteiger partial charge on any atom is 0.0794 e. The monoisotopic (exact) mass is 834 g/mol. The van der Waals surface area contributed by atoms with Crippen LogP contribution in [0.5, 0.6) is 0 Å². The number of aromatic nitrogens is 2. The fourth-order valence-corrected chi connectivity index (χ4v) is 10.9. The van der Waals surface area contributed by atoms with Crippen molar-refractivity contribution in [3.05, 3.63) is 231 Å². The highest BCUT2D eigenvalue weighted by atomic mass is 14.7. The second-order valence-corrected chi connectivity index (χ2v) is 17.6. The molecule has 2 heteroatoms. The molecule has 0 bridgehead atoms. The summed E-state index contributed by atoms with van der Waals surface area (Å²) in [5.41, 5.74) is 10.9. The first kappa shape index (κ1) is 36.7. The Morgan fingerprint density at radius 3 is 1.26 bits per heavy atom. The maximum absolute atomic E-state index is 5.67. The summed E-state index contributed by atoms with van der Waals surface area (Å²) in [4.78, 5) is 10.4. The minimum absolute atomic E-state index is 0.950. The van der Waals surface area contributed by atoms with Gasteiger partial charge in [-0.1, -0.05) is 188 Å². The van der Waals surface area contributed by atoms with Gasteiger partial charge < -0.3 is 0 Å². The summed E-state index contributed by atoms with van der Waals surface area (Å²) >= 11 is 0. The molecule has 14 aromatic rings. The summed E-state index contributed by atoms with van der Waals surface area (Å²) in [6.45, 7) is 0. The van der Waals surface area contributed by atoms with E-state index in [0.29, 0.717) is 0 Å². The molecule has 0 amide bonds. The second-order valence-electron chi connectivity index (χ2n) is 17.6. The lowest BCUT2D eigenvalue weighted by molar-refractivity contribution is 1.41. The first-order valence-corrected chi connectivity index (χ1v) is 22.7. The molecule has 0 aliphatic carbocycles. The molecule has 304 valence electrons. The van der Waals surface area contributed by atoms with Crippen LogP contribution in [-0.4, -0.2) is 9.97 Å². The van der Waals surface area contributed by atoms with Gasteiger partial charge in [-0.05, 0) is 134 Å². The minimum atomic E-state index is 0.950. The fourth-order valence-electron chi connectivity index (χ4n) is 10.9. The topological polar surface area (TPSA) is 25.8 Å². The highest BCUT2D eigenvalue weighted by molar-refractivity contribution is 6.27. The first-order chi connectivity index (χ1) is 32.7. The van der Waals surface area contributed by atoms with Crippen LogP contribution in [0, 0.1) is 0 Å². The smallest absolute Gasteiger partial charge is 0.0794 e. The van der Waals surface area contributed by atoms with E-state index >= 15 is 0 Å². The van der Waals surface area contributed by atoms with E-state index in [1.165, 1.54) is 75.6 Å². The van der Waals surface area contributed by atoms with E-state index in [1.807, 2.05) is 12.3 Å². The van der Waals surface area contributed by atoms with Gasteiger partial charge in [0.15, 0.2) is 0 Å². The van der Waals surface area contributed by atoms with Crippen LogP contribution < -0.4 is 0 Å². The molecule has 0 radical (unpaired) electrons. The lowest BCUT2D eigenvalue weighted by atomic mass is 9.88. The highest BCUT2D eigenvalue weighted by Gasteiger charge is 2.19. The zero-order chi connectivity index (χ0) is 43.3. The molecule has 0 unspecified atom stereocenters. The van der Waals surface area contributed by atoms with Crippen molar-refractivity contribution in [3.8, 4) is 44.6 Å². The number of fused-ring (bicyclic) bond motifs is 16. The Kier molecular flexibility index (Phi) is 8.02. The second kappa shape index (κ2) is 14.4. The van der Waals surface area contributed by atoms with E-state index in [-0.39, 0.29) is 0 Å². The maximum atomic E-state index is 5.67. The van der Waals surface area contributed by atoms with Crippen molar-refractivity contribution in [2.45, 2.75) is 0 Å². The van der Waals surface area contributed by atoms with Crippen molar-refractivity contribution in [1.29, 1.82) is 0 Å². The predicted octanol–water partition coefficient (Wildman–Crippen LogP) is 17.5. The lowest BCUT2D eigenvalue weighted by Crippen LogP contribution is -1.94. The van der Waals surface area contributed by atoms with Gasteiger partial charge in [0.2, 0.25) is 0 Å². The molecular weight excluding hydrogens is 797 g/mol. The largest absolute Gasteiger partial charge is 0.256 e. The zero-order valence-electron chi connectivity index (χ0n) is 35.8. The van der Waals surface area contributed by atoms with Gasteiger partial charge in [-0.25, -0.2) is 4.98 Å². The molecule has 2 nitrogen and oxygen atoms in total. The predicted molar refractivity (Wildman–Crippen MR) is 281 cm³/mol. The van der Waals surface area contributed by atoms with Gasteiger partial charge in [0.05, 0.1) is 16.7 Å². The average molecular weight is 835 g/mol. The van der Waals surface area contributed by atoms with Crippen LogP contribution in [0.15, 0.2) is 231 Å². The van der Waals surface area contributed by atoms with Gasteiger partial charge >= 0.3 is 0 Å². The summed E-state index contributed by atoms with van der Waals surface area (Å²) in [5, 5.41) is 19.7. The van der Waals surface area contributed by atoms with Crippen molar-refractivity contribution in [3.63, 3.8) is 0 Å². The van der Waals surface area contributed by atoms with Crippen molar-refractivity contribution >= 4 is 97.2 Å². The van der Waals surface area contributed by atoms with Gasteiger partial charge in [-0.3, -0.25) is 4.98 Å². The summed E-state index contributed by atoms with van der Waals surface area (Å²) in [7, 11) is 0. The SMILES string of the molecule is c1ccc2ncc(-c3ccc(-c4cc5c(-c6ccc7c8ccccc8c8ccccc8c7c6)cc(-c6ccc7c8ccccc8c8ccccc8c7c6)nc5c5ccccc45)cc3)cc2c1. The molecule has 0 N–H and O–H groups in total. The molecule has 0 spiro atoms. The quantitative estimate of drug-likeness (QED) is 0.165. The molecule has 0 fully saturated rings. The normalized spacial score (nSPS) is 11.9. The first-order valence-electron chi connectivity index (χ1n) is 22.7. The highest BCUT2D eigenvalue weighted by Crippen LogP contribution is 2.44. The van der Waals surface area contributed by atoms with Crippen molar-refractivity contribution in [2.24, 2.45) is 0 Å². The number of pyridine rings is 2. The molecule has 66 heavy (non-hydrogen) atoms.